The summed E-state index contributed by atoms with van der Waals surface area (Å²) in [5.74, 6) is -1.38. The molecule has 2 aromatic rings. The van der Waals surface area contributed by atoms with Crippen molar-refractivity contribution in [3.63, 3.8) is 0 Å². The van der Waals surface area contributed by atoms with Gasteiger partial charge in [-0.3, -0.25) is 24.6 Å². The summed E-state index contributed by atoms with van der Waals surface area (Å²) in [5, 5.41) is 3.25. The average molecular weight is 453 g/mol. The molecule has 4 atom stereocenters. The fraction of sp³-hybridized carbons (Fsp3) is 0.400. The van der Waals surface area contributed by atoms with Gasteiger partial charge in [-0.15, -0.1) is 0 Å². The smallest absolute Gasteiger partial charge is 0.326 e. The lowest BCUT2D eigenvalue weighted by Gasteiger charge is -2.28. The number of esters is 1. The number of nitrogens with one attached hydrogen (secondary N) is 1. The van der Waals surface area contributed by atoms with Gasteiger partial charge in [0.2, 0.25) is 11.8 Å². The highest BCUT2D eigenvalue weighted by Crippen LogP contribution is 2.49. The highest BCUT2D eigenvalue weighted by molar-refractivity contribution is 6.09. The summed E-state index contributed by atoms with van der Waals surface area (Å²) in [4.78, 5) is 40.2. The van der Waals surface area contributed by atoms with E-state index >= 15 is 0 Å². The zero-order valence-corrected chi connectivity index (χ0v) is 19.4. The van der Waals surface area contributed by atoms with Crippen molar-refractivity contribution in [3.05, 3.63) is 48.0 Å². The van der Waals surface area contributed by atoms with Crippen molar-refractivity contribution in [1.82, 2.24) is 10.2 Å². The molecule has 174 valence electrons. The molecule has 3 unspecified atom stereocenters. The van der Waals surface area contributed by atoms with Crippen LogP contribution in [0.5, 0.6) is 11.5 Å². The summed E-state index contributed by atoms with van der Waals surface area (Å²) in [7, 11) is 4.48. The van der Waals surface area contributed by atoms with Crippen molar-refractivity contribution >= 4 is 17.8 Å². The van der Waals surface area contributed by atoms with Crippen LogP contribution in [-0.4, -0.2) is 56.1 Å². The number of carbonyl (C=O) groups is 3. The molecule has 0 aromatic heterocycles. The first-order chi connectivity index (χ1) is 15.8. The van der Waals surface area contributed by atoms with Gasteiger partial charge in [-0.1, -0.05) is 24.3 Å². The highest BCUT2D eigenvalue weighted by Gasteiger charge is 2.66. The summed E-state index contributed by atoms with van der Waals surface area (Å²) in [6, 6.07) is 12.7. The Morgan fingerprint density at radius 1 is 1.03 bits per heavy atom. The number of imide groups is 1. The lowest BCUT2D eigenvalue weighted by Crippen LogP contribution is -2.53. The summed E-state index contributed by atoms with van der Waals surface area (Å²) < 4.78 is 15.9. The van der Waals surface area contributed by atoms with Crippen molar-refractivity contribution in [2.24, 2.45) is 11.8 Å². The molecule has 8 heteroatoms. The lowest BCUT2D eigenvalue weighted by atomic mass is 9.80. The number of rotatable bonds is 6. The number of hydrogen-bond donors (Lipinski definition) is 1. The first-order valence-electron chi connectivity index (χ1n) is 10.8. The number of carbonyl (C=O) groups excluding carboxylic acids is 3. The van der Waals surface area contributed by atoms with Crippen molar-refractivity contribution in [2.45, 2.75) is 25.4 Å². The van der Waals surface area contributed by atoms with E-state index in [1.165, 1.54) is 12.0 Å². The van der Waals surface area contributed by atoms with Gasteiger partial charge in [-0.25, -0.2) is 0 Å². The Labute approximate surface area is 192 Å². The molecule has 0 bridgehead atoms. The van der Waals surface area contributed by atoms with Crippen LogP contribution in [0.3, 0.4) is 0 Å². The molecule has 2 saturated heterocycles. The van der Waals surface area contributed by atoms with Crippen molar-refractivity contribution in [1.29, 1.82) is 0 Å². The number of likely N-dealkylation sites (tertiary alicyclic amines) is 1. The Balaban J connectivity index is 1.77. The number of amides is 2. The van der Waals surface area contributed by atoms with Gasteiger partial charge in [0.15, 0.2) is 0 Å². The third-order valence-corrected chi connectivity index (χ3v) is 6.79. The third-order valence-electron chi connectivity index (χ3n) is 6.79. The largest absolute Gasteiger partial charge is 0.497 e. The van der Waals surface area contributed by atoms with E-state index in [0.29, 0.717) is 5.75 Å². The van der Waals surface area contributed by atoms with Gasteiger partial charge in [0.25, 0.3) is 0 Å². The maximum Gasteiger partial charge on any atom is 0.326 e. The molecule has 0 radical (unpaired) electrons. The second-order valence-corrected chi connectivity index (χ2v) is 8.43. The van der Waals surface area contributed by atoms with Crippen LogP contribution in [-0.2, 0) is 19.1 Å². The van der Waals surface area contributed by atoms with E-state index in [9.17, 15) is 14.4 Å². The van der Waals surface area contributed by atoms with Crippen molar-refractivity contribution in [2.75, 3.05) is 27.9 Å². The van der Waals surface area contributed by atoms with E-state index in [1.807, 2.05) is 42.5 Å². The zero-order valence-electron chi connectivity index (χ0n) is 19.4. The number of hydrogen-bond acceptors (Lipinski definition) is 7. The Hall–Kier alpha value is -3.39. The molecule has 2 fully saturated rings. The molecule has 0 saturated carbocycles. The molecular weight excluding hydrogens is 424 g/mol. The van der Waals surface area contributed by atoms with E-state index in [2.05, 4.69) is 5.32 Å². The minimum atomic E-state index is -1.32. The zero-order chi connectivity index (χ0) is 23.9. The lowest BCUT2D eigenvalue weighted by molar-refractivity contribution is -0.153. The molecule has 33 heavy (non-hydrogen) atoms. The summed E-state index contributed by atoms with van der Waals surface area (Å²) >= 11 is 0. The van der Waals surface area contributed by atoms with Gasteiger partial charge < -0.3 is 14.2 Å². The minimum Gasteiger partial charge on any atom is -0.497 e. The molecular formula is C25H28N2O6. The second-order valence-electron chi connectivity index (χ2n) is 8.43. The molecule has 2 aliphatic heterocycles. The second kappa shape index (κ2) is 8.51. The average Bonchev–Trinajstić information content (AvgIpc) is 3.30. The van der Waals surface area contributed by atoms with Crippen LogP contribution < -0.4 is 14.8 Å². The van der Waals surface area contributed by atoms with Crippen LogP contribution >= 0.6 is 0 Å². The fourth-order valence-corrected chi connectivity index (χ4v) is 5.11. The SMILES string of the molecule is CCN1C(=O)C2C(c3ccc(-c4ccc(OC)cc4)c(OC)c3)N[C@@](C)(C(=O)OC)C2C1=O. The molecule has 2 heterocycles. The number of fused-ring (bicyclic) bond motifs is 1. The molecule has 2 aliphatic rings. The fourth-order valence-electron chi connectivity index (χ4n) is 5.11. The summed E-state index contributed by atoms with van der Waals surface area (Å²) in [6.45, 7) is 3.64. The molecule has 2 amide bonds. The van der Waals surface area contributed by atoms with E-state index in [-0.39, 0.29) is 18.4 Å². The van der Waals surface area contributed by atoms with Gasteiger partial charge in [0, 0.05) is 18.2 Å². The van der Waals surface area contributed by atoms with Gasteiger partial charge in [-0.05, 0) is 43.2 Å². The summed E-state index contributed by atoms with van der Waals surface area (Å²) in [5.41, 5.74) is 1.26. The molecule has 0 aliphatic carbocycles. The van der Waals surface area contributed by atoms with E-state index in [0.717, 1.165) is 22.4 Å². The quantitative estimate of drug-likeness (QED) is 0.532. The van der Waals surface area contributed by atoms with Gasteiger partial charge in [0.1, 0.15) is 17.0 Å². The number of nitrogens with zero attached hydrogens (tertiary/aromatic N) is 1. The molecule has 1 N–H and O–H groups in total. The Morgan fingerprint density at radius 2 is 1.73 bits per heavy atom. The molecule has 4 rings (SSSR count). The van der Waals surface area contributed by atoms with Crippen molar-refractivity contribution < 1.29 is 28.6 Å². The Bertz CT molecular complexity index is 1100. The summed E-state index contributed by atoms with van der Waals surface area (Å²) in [6.07, 6.45) is 0. The van der Waals surface area contributed by atoms with Gasteiger partial charge in [0.05, 0.1) is 33.2 Å². The van der Waals surface area contributed by atoms with E-state index in [1.54, 1.807) is 28.1 Å². The normalized spacial score (nSPS) is 26.3. The van der Waals surface area contributed by atoms with Crippen molar-refractivity contribution in [3.8, 4) is 22.6 Å². The number of methoxy groups -OCH3 is 3. The predicted molar refractivity (Wildman–Crippen MR) is 121 cm³/mol. The van der Waals surface area contributed by atoms with E-state index < -0.39 is 29.4 Å². The highest BCUT2D eigenvalue weighted by atomic mass is 16.5. The molecule has 8 nitrogen and oxygen atoms in total. The maximum absolute atomic E-state index is 13.2. The minimum absolute atomic E-state index is 0.258. The number of ether oxygens (including phenoxy) is 3. The van der Waals surface area contributed by atoms with Gasteiger partial charge in [-0.2, -0.15) is 0 Å². The standard InChI is InChI=1S/C25H28N2O6/c1-6-27-22(28)19-20(23(27)29)25(2,24(30)33-5)26-21(19)15-9-12-17(18(13-15)32-4)14-7-10-16(31-3)11-8-14/h7-13,19-21,26H,6H2,1-5H3/t19?,20?,21?,25-/m1/s1. The Kier molecular flexibility index (Phi) is 5.88. The van der Waals surface area contributed by atoms with Crippen LogP contribution in [0.4, 0.5) is 0 Å². The molecule has 2 aromatic carbocycles. The third kappa shape index (κ3) is 3.45. The monoisotopic (exact) mass is 452 g/mol. The first kappa shape index (κ1) is 22.8. The first-order valence-corrected chi connectivity index (χ1v) is 10.8. The van der Waals surface area contributed by atoms with Crippen LogP contribution in [0.2, 0.25) is 0 Å². The predicted octanol–water partition coefficient (Wildman–Crippen LogP) is 2.57. The molecule has 0 spiro atoms. The van der Waals surface area contributed by atoms with Crippen LogP contribution in [0.1, 0.15) is 25.5 Å². The maximum atomic E-state index is 13.2. The van der Waals surface area contributed by atoms with Gasteiger partial charge >= 0.3 is 5.97 Å². The Morgan fingerprint density at radius 3 is 2.30 bits per heavy atom. The van der Waals surface area contributed by atoms with Crippen LogP contribution in [0, 0.1) is 11.8 Å². The number of benzene rings is 2. The van der Waals surface area contributed by atoms with E-state index in [4.69, 9.17) is 14.2 Å². The topological polar surface area (TPSA) is 94.2 Å². The van der Waals surface area contributed by atoms with Crippen LogP contribution in [0.15, 0.2) is 42.5 Å². The van der Waals surface area contributed by atoms with Crippen LogP contribution in [0.25, 0.3) is 11.1 Å².